The van der Waals surface area contributed by atoms with Gasteiger partial charge >= 0.3 is 0 Å². The molecule has 70 valence electrons. The van der Waals surface area contributed by atoms with E-state index in [-0.39, 0.29) is 0 Å². The third kappa shape index (κ3) is 1.74. The normalized spacial score (nSPS) is 11.1. The first-order chi connectivity index (χ1) is 6.90. The van der Waals surface area contributed by atoms with Gasteiger partial charge in [0.05, 0.1) is 0 Å². The van der Waals surface area contributed by atoms with Gasteiger partial charge in [0, 0.05) is 11.7 Å². The molecule has 1 aromatic heterocycles. The summed E-state index contributed by atoms with van der Waals surface area (Å²) in [5.41, 5.74) is 2.35. The zero-order valence-corrected chi connectivity index (χ0v) is 7.73. The largest absolute Gasteiger partial charge is 0.361 e. The first-order valence-electron chi connectivity index (χ1n) is 4.56. The lowest BCUT2D eigenvalue weighted by Gasteiger charge is -1.96. The summed E-state index contributed by atoms with van der Waals surface area (Å²) in [6, 6.07) is 8.30. The Hall–Kier alpha value is -1.83. The highest BCUT2D eigenvalue weighted by Crippen LogP contribution is 2.14. The number of hydrogen-bond acceptors (Lipinski definition) is 1. The van der Waals surface area contributed by atoms with Crippen molar-refractivity contribution in [3.63, 3.8) is 0 Å². The number of aromatic amines is 1. The van der Waals surface area contributed by atoms with Crippen LogP contribution in [0.3, 0.4) is 0 Å². The number of nitrogens with one attached hydrogen (secondary N) is 1. The van der Waals surface area contributed by atoms with Crippen molar-refractivity contribution in [2.45, 2.75) is 6.42 Å². The molecular formula is C12H11NO. The quantitative estimate of drug-likeness (QED) is 0.578. The van der Waals surface area contributed by atoms with Crippen LogP contribution in [0.15, 0.2) is 42.6 Å². The molecule has 1 N–H and O–H groups in total. The summed E-state index contributed by atoms with van der Waals surface area (Å²) >= 11 is 0. The van der Waals surface area contributed by atoms with E-state index < -0.39 is 0 Å². The molecule has 0 bridgehead atoms. The summed E-state index contributed by atoms with van der Waals surface area (Å²) in [7, 11) is 0. The highest BCUT2D eigenvalue weighted by molar-refractivity contribution is 5.79. The van der Waals surface area contributed by atoms with Crippen LogP contribution >= 0.6 is 0 Å². The van der Waals surface area contributed by atoms with Gasteiger partial charge in [-0.2, -0.15) is 0 Å². The minimum absolute atomic E-state index is 0.799. The van der Waals surface area contributed by atoms with Crippen LogP contribution in [0.25, 0.3) is 10.9 Å². The van der Waals surface area contributed by atoms with Gasteiger partial charge < -0.3 is 4.98 Å². The van der Waals surface area contributed by atoms with Gasteiger partial charge in [-0.25, -0.2) is 0 Å². The third-order valence-corrected chi connectivity index (χ3v) is 2.19. The number of aromatic nitrogens is 1. The van der Waals surface area contributed by atoms with Crippen LogP contribution in [-0.2, 0) is 11.2 Å². The van der Waals surface area contributed by atoms with Crippen molar-refractivity contribution in [3.05, 3.63) is 48.2 Å². The Morgan fingerprint density at radius 2 is 2.21 bits per heavy atom. The van der Waals surface area contributed by atoms with Crippen molar-refractivity contribution in [3.8, 4) is 0 Å². The predicted molar refractivity (Wildman–Crippen MR) is 57.2 cm³/mol. The van der Waals surface area contributed by atoms with Crippen LogP contribution in [0.4, 0.5) is 0 Å². The number of hydrogen-bond donors (Lipinski definition) is 1. The zero-order chi connectivity index (χ0) is 9.80. The second-order valence-corrected chi connectivity index (χ2v) is 3.17. The second kappa shape index (κ2) is 3.92. The standard InChI is InChI=1S/C12H11NO/c14-8-2-1-3-10-4-5-11-6-7-13-12(11)9-10/h1-2,4-9,13H,3H2. The first kappa shape index (κ1) is 8.75. The van der Waals surface area contributed by atoms with Gasteiger partial charge in [-0.15, -0.1) is 0 Å². The van der Waals surface area contributed by atoms with E-state index in [1.54, 1.807) is 0 Å². The zero-order valence-electron chi connectivity index (χ0n) is 7.73. The number of benzene rings is 1. The van der Waals surface area contributed by atoms with Crippen molar-refractivity contribution < 1.29 is 4.79 Å². The minimum Gasteiger partial charge on any atom is -0.361 e. The maximum absolute atomic E-state index is 10.1. The molecule has 0 spiro atoms. The Balaban J connectivity index is 2.25. The van der Waals surface area contributed by atoms with E-state index in [1.165, 1.54) is 17.0 Å². The molecule has 0 unspecified atom stereocenters. The molecule has 0 fully saturated rings. The van der Waals surface area contributed by atoms with Gasteiger partial charge in [0.15, 0.2) is 0 Å². The molecule has 1 aromatic carbocycles. The fourth-order valence-electron chi connectivity index (χ4n) is 1.48. The van der Waals surface area contributed by atoms with Crippen LogP contribution in [0.1, 0.15) is 5.56 Å². The molecule has 14 heavy (non-hydrogen) atoms. The monoisotopic (exact) mass is 185 g/mol. The molecule has 1 heterocycles. The number of fused-ring (bicyclic) bond motifs is 1. The topological polar surface area (TPSA) is 32.9 Å². The molecule has 2 rings (SSSR count). The Labute approximate surface area is 82.3 Å². The molecular weight excluding hydrogens is 174 g/mol. The Bertz CT molecular complexity index is 468. The number of aldehydes is 1. The van der Waals surface area contributed by atoms with Crippen molar-refractivity contribution in [1.82, 2.24) is 4.98 Å². The number of H-pyrrole nitrogens is 1. The van der Waals surface area contributed by atoms with E-state index in [9.17, 15) is 4.79 Å². The van der Waals surface area contributed by atoms with Gasteiger partial charge in [-0.1, -0.05) is 18.2 Å². The summed E-state index contributed by atoms with van der Waals surface area (Å²) < 4.78 is 0. The fraction of sp³-hybridized carbons (Fsp3) is 0.0833. The molecule has 2 heteroatoms. The lowest BCUT2D eigenvalue weighted by molar-refractivity contribution is -0.104. The van der Waals surface area contributed by atoms with E-state index >= 15 is 0 Å². The molecule has 0 atom stereocenters. The first-order valence-corrected chi connectivity index (χ1v) is 4.56. The van der Waals surface area contributed by atoms with E-state index in [2.05, 4.69) is 23.2 Å². The Morgan fingerprint density at radius 1 is 1.29 bits per heavy atom. The van der Waals surface area contributed by atoms with Crippen LogP contribution in [0, 0.1) is 0 Å². The van der Waals surface area contributed by atoms with Gasteiger partial charge in [0.2, 0.25) is 0 Å². The minimum atomic E-state index is 0.799. The lowest BCUT2D eigenvalue weighted by Crippen LogP contribution is -1.80. The average Bonchev–Trinajstić information content (AvgIpc) is 2.65. The van der Waals surface area contributed by atoms with Crippen molar-refractivity contribution in [2.75, 3.05) is 0 Å². The lowest BCUT2D eigenvalue weighted by atomic mass is 10.1. The van der Waals surface area contributed by atoms with E-state index in [0.717, 1.165) is 18.2 Å². The van der Waals surface area contributed by atoms with Crippen LogP contribution in [-0.4, -0.2) is 11.3 Å². The molecule has 0 aliphatic heterocycles. The molecule has 0 amide bonds. The summed E-state index contributed by atoms with van der Waals surface area (Å²) in [6.45, 7) is 0. The van der Waals surface area contributed by atoms with Gasteiger partial charge in [-0.05, 0) is 35.6 Å². The Morgan fingerprint density at radius 3 is 3.07 bits per heavy atom. The number of carbonyl (C=O) groups is 1. The molecule has 0 aliphatic carbocycles. The smallest absolute Gasteiger partial charge is 0.142 e. The molecule has 2 aromatic rings. The van der Waals surface area contributed by atoms with Crippen LogP contribution < -0.4 is 0 Å². The second-order valence-electron chi connectivity index (χ2n) is 3.17. The van der Waals surface area contributed by atoms with Gasteiger partial charge in [0.25, 0.3) is 0 Å². The fourth-order valence-corrected chi connectivity index (χ4v) is 1.48. The summed E-state index contributed by atoms with van der Waals surface area (Å²) in [5.74, 6) is 0. The van der Waals surface area contributed by atoms with Crippen LogP contribution in [0.5, 0.6) is 0 Å². The number of rotatable bonds is 3. The SMILES string of the molecule is O=CC=CCc1ccc2cc[nH]c2c1. The summed E-state index contributed by atoms with van der Waals surface area (Å²) in [4.78, 5) is 13.2. The maximum Gasteiger partial charge on any atom is 0.142 e. The van der Waals surface area contributed by atoms with E-state index in [4.69, 9.17) is 0 Å². The van der Waals surface area contributed by atoms with Gasteiger partial charge in [0.1, 0.15) is 6.29 Å². The van der Waals surface area contributed by atoms with Crippen molar-refractivity contribution in [2.24, 2.45) is 0 Å². The van der Waals surface area contributed by atoms with E-state index in [1.807, 2.05) is 18.3 Å². The number of allylic oxidation sites excluding steroid dienone is 2. The highest BCUT2D eigenvalue weighted by Gasteiger charge is 1.94. The van der Waals surface area contributed by atoms with Gasteiger partial charge in [-0.3, -0.25) is 4.79 Å². The van der Waals surface area contributed by atoms with Crippen molar-refractivity contribution >= 4 is 17.2 Å². The van der Waals surface area contributed by atoms with E-state index in [0.29, 0.717) is 0 Å². The average molecular weight is 185 g/mol. The van der Waals surface area contributed by atoms with Crippen molar-refractivity contribution in [1.29, 1.82) is 0 Å². The number of carbonyl (C=O) groups excluding carboxylic acids is 1. The molecule has 0 radical (unpaired) electrons. The molecule has 2 nitrogen and oxygen atoms in total. The Kier molecular flexibility index (Phi) is 2.45. The predicted octanol–water partition coefficient (Wildman–Crippen LogP) is 2.47. The molecule has 0 saturated heterocycles. The summed E-state index contributed by atoms with van der Waals surface area (Å²) in [5, 5.41) is 1.22. The third-order valence-electron chi connectivity index (χ3n) is 2.19. The molecule has 0 aliphatic rings. The maximum atomic E-state index is 10.1. The van der Waals surface area contributed by atoms with Crippen LogP contribution in [0.2, 0.25) is 0 Å². The summed E-state index contributed by atoms with van der Waals surface area (Å²) in [6.07, 6.45) is 6.91. The highest BCUT2D eigenvalue weighted by atomic mass is 16.1. The molecule has 0 saturated carbocycles.